The summed E-state index contributed by atoms with van der Waals surface area (Å²) in [6.07, 6.45) is 4.52. The summed E-state index contributed by atoms with van der Waals surface area (Å²) in [4.78, 5) is 4.56. The highest BCUT2D eigenvalue weighted by molar-refractivity contribution is 6.33. The lowest BCUT2D eigenvalue weighted by Gasteiger charge is -2.08. The van der Waals surface area contributed by atoms with Crippen LogP contribution in [0.1, 0.15) is 37.4 Å². The number of halogens is 2. The molecule has 0 spiro atoms. The Morgan fingerprint density at radius 2 is 2.00 bits per heavy atom. The molecule has 4 N–H and O–H groups in total. The minimum atomic E-state index is -0.388. The third-order valence-corrected chi connectivity index (χ3v) is 4.19. The molecule has 1 aromatic heterocycles. The number of rotatable bonds is 2. The first-order valence-electron chi connectivity index (χ1n) is 6.66. The molecule has 106 valence electrons. The molecule has 20 heavy (non-hydrogen) atoms. The number of hydrogen-bond acceptors (Lipinski definition) is 3. The third kappa shape index (κ3) is 2.12. The highest BCUT2D eigenvalue weighted by atomic mass is 35.5. The summed E-state index contributed by atoms with van der Waals surface area (Å²) in [5, 5.41) is 0.285. The molecule has 0 saturated heterocycles. The van der Waals surface area contributed by atoms with Gasteiger partial charge in [-0.05, 0) is 31.0 Å². The Hall–Kier alpha value is -1.75. The van der Waals surface area contributed by atoms with Gasteiger partial charge in [0, 0.05) is 11.5 Å². The van der Waals surface area contributed by atoms with Crippen LogP contribution in [0.4, 0.5) is 10.2 Å². The summed E-state index contributed by atoms with van der Waals surface area (Å²) in [6.45, 7) is 0. The van der Waals surface area contributed by atoms with Crippen molar-refractivity contribution in [3.63, 3.8) is 0 Å². The van der Waals surface area contributed by atoms with E-state index in [4.69, 9.17) is 23.2 Å². The van der Waals surface area contributed by atoms with Gasteiger partial charge in [0.05, 0.1) is 5.02 Å². The molecular weight excluding hydrogens is 279 g/mol. The molecule has 1 aromatic carbocycles. The fourth-order valence-corrected chi connectivity index (χ4v) is 3.07. The number of nitrogen functional groups attached to an aromatic ring is 2. The number of imidazole rings is 1. The van der Waals surface area contributed by atoms with Crippen molar-refractivity contribution in [2.75, 3.05) is 11.6 Å². The summed E-state index contributed by atoms with van der Waals surface area (Å²) in [5.74, 6) is 7.12. The molecule has 0 atom stereocenters. The molecule has 1 heterocycles. The number of benzene rings is 1. The number of nitrogens with two attached hydrogens (primary N) is 2. The van der Waals surface area contributed by atoms with E-state index in [0.717, 1.165) is 18.7 Å². The van der Waals surface area contributed by atoms with Crippen LogP contribution >= 0.6 is 11.6 Å². The van der Waals surface area contributed by atoms with Crippen molar-refractivity contribution in [1.82, 2.24) is 9.66 Å². The molecule has 0 bridgehead atoms. The molecule has 1 saturated carbocycles. The van der Waals surface area contributed by atoms with E-state index in [1.165, 1.54) is 29.7 Å². The first kappa shape index (κ1) is 13.2. The molecule has 0 amide bonds. The first-order valence-corrected chi connectivity index (χ1v) is 7.04. The average Bonchev–Trinajstić information content (AvgIpc) is 3.01. The van der Waals surface area contributed by atoms with Gasteiger partial charge in [0.15, 0.2) is 5.82 Å². The van der Waals surface area contributed by atoms with E-state index in [0.29, 0.717) is 23.0 Å². The first-order chi connectivity index (χ1) is 9.58. The standard InChI is InChI=1S/C14H16ClFN4/c15-11-7-9(16)5-6-10(11)12-13(17)20(18)14(19-12)8-3-1-2-4-8/h5-8H,1-4,17-18H2. The highest BCUT2D eigenvalue weighted by Gasteiger charge is 2.25. The van der Waals surface area contributed by atoms with Crippen LogP contribution in [0.15, 0.2) is 18.2 Å². The summed E-state index contributed by atoms with van der Waals surface area (Å²) < 4.78 is 14.6. The number of aromatic nitrogens is 2. The maximum atomic E-state index is 13.1. The second kappa shape index (κ2) is 4.98. The van der Waals surface area contributed by atoms with Gasteiger partial charge in [0.25, 0.3) is 0 Å². The zero-order valence-electron chi connectivity index (χ0n) is 10.9. The Balaban J connectivity index is 2.07. The van der Waals surface area contributed by atoms with Crippen molar-refractivity contribution >= 4 is 17.4 Å². The van der Waals surface area contributed by atoms with Crippen LogP contribution in [-0.4, -0.2) is 9.66 Å². The van der Waals surface area contributed by atoms with Crippen LogP contribution in [0.2, 0.25) is 5.02 Å². The van der Waals surface area contributed by atoms with Crippen LogP contribution in [0, 0.1) is 5.82 Å². The Bertz CT molecular complexity index is 647. The summed E-state index contributed by atoms with van der Waals surface area (Å²) >= 11 is 6.07. The van der Waals surface area contributed by atoms with E-state index >= 15 is 0 Å². The van der Waals surface area contributed by atoms with E-state index in [1.54, 1.807) is 6.07 Å². The Labute approximate surface area is 121 Å². The SMILES string of the molecule is Nc1c(-c2ccc(F)cc2Cl)nc(C2CCCC2)n1N. The summed E-state index contributed by atoms with van der Waals surface area (Å²) in [7, 11) is 0. The molecule has 0 radical (unpaired) electrons. The van der Waals surface area contributed by atoms with Gasteiger partial charge in [-0.3, -0.25) is 0 Å². The lowest BCUT2D eigenvalue weighted by molar-refractivity contribution is 0.628. The predicted octanol–water partition coefficient (Wildman–Crippen LogP) is 3.30. The number of nitrogens with zero attached hydrogens (tertiary/aromatic N) is 2. The molecule has 0 unspecified atom stereocenters. The fraction of sp³-hybridized carbons (Fsp3) is 0.357. The van der Waals surface area contributed by atoms with Crippen LogP contribution < -0.4 is 11.6 Å². The minimum Gasteiger partial charge on any atom is -0.382 e. The van der Waals surface area contributed by atoms with Gasteiger partial charge in [-0.25, -0.2) is 14.1 Å². The second-order valence-corrected chi connectivity index (χ2v) is 5.59. The number of anilines is 1. The zero-order chi connectivity index (χ0) is 14.3. The largest absolute Gasteiger partial charge is 0.382 e. The van der Waals surface area contributed by atoms with Gasteiger partial charge in [0.1, 0.15) is 17.3 Å². The molecular formula is C14H16ClFN4. The smallest absolute Gasteiger partial charge is 0.150 e. The third-order valence-electron chi connectivity index (χ3n) is 3.88. The van der Waals surface area contributed by atoms with Crippen molar-refractivity contribution in [2.45, 2.75) is 31.6 Å². The van der Waals surface area contributed by atoms with Gasteiger partial charge in [-0.2, -0.15) is 0 Å². The van der Waals surface area contributed by atoms with Crippen molar-refractivity contribution in [3.8, 4) is 11.3 Å². The fourth-order valence-electron chi connectivity index (χ4n) is 2.81. The molecule has 4 nitrogen and oxygen atoms in total. The van der Waals surface area contributed by atoms with Gasteiger partial charge in [0.2, 0.25) is 0 Å². The van der Waals surface area contributed by atoms with Crippen LogP contribution in [0.5, 0.6) is 0 Å². The van der Waals surface area contributed by atoms with E-state index in [2.05, 4.69) is 4.98 Å². The highest BCUT2D eigenvalue weighted by Crippen LogP contribution is 2.38. The molecule has 1 aliphatic carbocycles. The molecule has 2 aromatic rings. The van der Waals surface area contributed by atoms with Gasteiger partial charge < -0.3 is 11.6 Å². The average molecular weight is 295 g/mol. The topological polar surface area (TPSA) is 69.9 Å². The molecule has 0 aliphatic heterocycles. The van der Waals surface area contributed by atoms with Crippen LogP contribution in [0.25, 0.3) is 11.3 Å². The van der Waals surface area contributed by atoms with Crippen LogP contribution in [-0.2, 0) is 0 Å². The monoisotopic (exact) mass is 294 g/mol. The summed E-state index contributed by atoms with van der Waals surface area (Å²) in [6, 6.07) is 4.17. The Morgan fingerprint density at radius 3 is 2.65 bits per heavy atom. The number of hydrogen-bond donors (Lipinski definition) is 2. The normalized spacial score (nSPS) is 15.9. The van der Waals surface area contributed by atoms with Crippen molar-refractivity contribution in [1.29, 1.82) is 0 Å². The van der Waals surface area contributed by atoms with Crippen molar-refractivity contribution in [3.05, 3.63) is 34.9 Å². The summed E-state index contributed by atoms with van der Waals surface area (Å²) in [5.41, 5.74) is 7.17. The van der Waals surface area contributed by atoms with Gasteiger partial charge in [-0.15, -0.1) is 0 Å². The lowest BCUT2D eigenvalue weighted by Crippen LogP contribution is -2.17. The Morgan fingerprint density at radius 1 is 1.30 bits per heavy atom. The van der Waals surface area contributed by atoms with E-state index in [1.807, 2.05) is 0 Å². The minimum absolute atomic E-state index is 0.285. The molecule has 3 rings (SSSR count). The predicted molar refractivity (Wildman–Crippen MR) is 78.4 cm³/mol. The maximum Gasteiger partial charge on any atom is 0.150 e. The molecule has 6 heteroatoms. The maximum absolute atomic E-state index is 13.1. The second-order valence-electron chi connectivity index (χ2n) is 5.18. The molecule has 1 aliphatic rings. The van der Waals surface area contributed by atoms with Gasteiger partial charge >= 0.3 is 0 Å². The quantitative estimate of drug-likeness (QED) is 0.835. The van der Waals surface area contributed by atoms with E-state index in [9.17, 15) is 4.39 Å². The van der Waals surface area contributed by atoms with Crippen molar-refractivity contribution in [2.24, 2.45) is 0 Å². The lowest BCUT2D eigenvalue weighted by atomic mass is 10.1. The van der Waals surface area contributed by atoms with E-state index < -0.39 is 0 Å². The zero-order valence-corrected chi connectivity index (χ0v) is 11.7. The van der Waals surface area contributed by atoms with Crippen LogP contribution in [0.3, 0.4) is 0 Å². The Kier molecular flexibility index (Phi) is 3.30. The van der Waals surface area contributed by atoms with Crippen molar-refractivity contribution < 1.29 is 4.39 Å². The van der Waals surface area contributed by atoms with Gasteiger partial charge in [-0.1, -0.05) is 24.4 Å². The molecule has 1 fully saturated rings. The van der Waals surface area contributed by atoms with E-state index in [-0.39, 0.29) is 10.8 Å².